The molecule has 0 spiro atoms. The van der Waals surface area contributed by atoms with Gasteiger partial charge in [-0.15, -0.1) is 0 Å². The summed E-state index contributed by atoms with van der Waals surface area (Å²) in [6.07, 6.45) is 1.86. The fraction of sp³-hybridized carbons (Fsp3) is 0.423. The van der Waals surface area contributed by atoms with E-state index in [4.69, 9.17) is 4.74 Å². The first-order valence-corrected chi connectivity index (χ1v) is 11.6. The van der Waals surface area contributed by atoms with Gasteiger partial charge in [0, 0.05) is 30.3 Å². The van der Waals surface area contributed by atoms with Gasteiger partial charge in [0.15, 0.2) is 0 Å². The SMILES string of the molecule is CC[C@H](C)NC(=O)[C@@H](NC(=O)c1ccc(OC)cc1)C1CCN(C(=O)c2cccc(F)c2)CC1. The number of likely N-dealkylation sites (tertiary alicyclic amines) is 1. The van der Waals surface area contributed by atoms with Crippen molar-refractivity contribution in [2.45, 2.75) is 45.2 Å². The monoisotopic (exact) mass is 469 g/mol. The summed E-state index contributed by atoms with van der Waals surface area (Å²) in [6, 6.07) is 11.6. The minimum atomic E-state index is -0.727. The number of carbonyl (C=O) groups is 3. The Balaban J connectivity index is 1.70. The number of rotatable bonds is 8. The maximum absolute atomic E-state index is 13.5. The number of ether oxygens (including phenoxy) is 1. The van der Waals surface area contributed by atoms with Crippen LogP contribution in [-0.2, 0) is 4.79 Å². The summed E-state index contributed by atoms with van der Waals surface area (Å²) in [5, 5.41) is 5.88. The Morgan fingerprint density at radius 3 is 2.32 bits per heavy atom. The summed E-state index contributed by atoms with van der Waals surface area (Å²) >= 11 is 0. The van der Waals surface area contributed by atoms with E-state index in [1.807, 2.05) is 13.8 Å². The Labute approximate surface area is 199 Å². The van der Waals surface area contributed by atoms with Gasteiger partial charge in [0.05, 0.1) is 7.11 Å². The van der Waals surface area contributed by atoms with Gasteiger partial charge in [-0.2, -0.15) is 0 Å². The Morgan fingerprint density at radius 2 is 1.74 bits per heavy atom. The highest BCUT2D eigenvalue weighted by Gasteiger charge is 2.34. The second-order valence-electron chi connectivity index (χ2n) is 8.64. The van der Waals surface area contributed by atoms with Gasteiger partial charge in [0.25, 0.3) is 11.8 Å². The molecule has 2 N–H and O–H groups in total. The molecule has 0 radical (unpaired) electrons. The van der Waals surface area contributed by atoms with Crippen molar-refractivity contribution in [3.8, 4) is 5.75 Å². The van der Waals surface area contributed by atoms with Crippen molar-refractivity contribution in [3.63, 3.8) is 0 Å². The maximum atomic E-state index is 13.5. The fourth-order valence-electron chi connectivity index (χ4n) is 4.04. The number of hydrogen-bond acceptors (Lipinski definition) is 4. The van der Waals surface area contributed by atoms with Gasteiger partial charge in [-0.1, -0.05) is 13.0 Å². The molecule has 0 saturated carbocycles. The minimum absolute atomic E-state index is 0.0254. The summed E-state index contributed by atoms with van der Waals surface area (Å²) in [5.74, 6) is -0.762. The molecule has 1 aliphatic heterocycles. The molecule has 1 fully saturated rings. The molecule has 2 aromatic rings. The second-order valence-corrected chi connectivity index (χ2v) is 8.64. The Morgan fingerprint density at radius 1 is 1.06 bits per heavy atom. The molecule has 3 amide bonds. The Bertz CT molecular complexity index is 1000. The maximum Gasteiger partial charge on any atom is 0.253 e. The summed E-state index contributed by atoms with van der Waals surface area (Å²) in [4.78, 5) is 40.4. The number of halogens is 1. The highest BCUT2D eigenvalue weighted by Crippen LogP contribution is 2.23. The Kier molecular flexibility index (Phi) is 8.62. The number of piperidine rings is 1. The van der Waals surface area contributed by atoms with Crippen molar-refractivity contribution in [2.24, 2.45) is 5.92 Å². The average molecular weight is 470 g/mol. The zero-order chi connectivity index (χ0) is 24.7. The van der Waals surface area contributed by atoms with Crippen molar-refractivity contribution >= 4 is 17.7 Å². The quantitative estimate of drug-likeness (QED) is 0.620. The van der Waals surface area contributed by atoms with Crippen LogP contribution in [0.2, 0.25) is 0 Å². The molecule has 182 valence electrons. The summed E-state index contributed by atoms with van der Waals surface area (Å²) in [6.45, 7) is 4.74. The van der Waals surface area contributed by atoms with Crippen LogP contribution in [0.25, 0.3) is 0 Å². The van der Waals surface area contributed by atoms with Crippen molar-refractivity contribution in [1.29, 1.82) is 0 Å². The molecule has 2 atom stereocenters. The number of benzene rings is 2. The lowest BCUT2D eigenvalue weighted by Gasteiger charge is -2.36. The van der Waals surface area contributed by atoms with E-state index in [0.717, 1.165) is 6.42 Å². The normalized spacial score (nSPS) is 15.8. The van der Waals surface area contributed by atoms with Crippen molar-refractivity contribution in [1.82, 2.24) is 15.5 Å². The van der Waals surface area contributed by atoms with Crippen molar-refractivity contribution < 1.29 is 23.5 Å². The summed E-state index contributed by atoms with van der Waals surface area (Å²) < 4.78 is 18.7. The highest BCUT2D eigenvalue weighted by molar-refractivity contribution is 5.98. The largest absolute Gasteiger partial charge is 0.497 e. The molecule has 1 saturated heterocycles. The van der Waals surface area contributed by atoms with E-state index in [1.165, 1.54) is 18.2 Å². The third-order valence-corrected chi connectivity index (χ3v) is 6.29. The van der Waals surface area contributed by atoms with E-state index in [0.29, 0.717) is 42.8 Å². The molecule has 8 heteroatoms. The van der Waals surface area contributed by atoms with Crippen LogP contribution < -0.4 is 15.4 Å². The zero-order valence-corrected chi connectivity index (χ0v) is 19.8. The second kappa shape index (κ2) is 11.6. The lowest BCUT2D eigenvalue weighted by atomic mass is 9.88. The number of amides is 3. The summed E-state index contributed by atoms with van der Waals surface area (Å²) in [5.41, 5.74) is 0.734. The molecule has 3 rings (SSSR count). The summed E-state index contributed by atoms with van der Waals surface area (Å²) in [7, 11) is 1.55. The van der Waals surface area contributed by atoms with Crippen LogP contribution in [0, 0.1) is 11.7 Å². The van der Waals surface area contributed by atoms with Crippen LogP contribution >= 0.6 is 0 Å². The van der Waals surface area contributed by atoms with Crippen LogP contribution in [0.1, 0.15) is 53.8 Å². The van der Waals surface area contributed by atoms with Gasteiger partial charge in [-0.25, -0.2) is 4.39 Å². The predicted molar refractivity (Wildman–Crippen MR) is 127 cm³/mol. The third kappa shape index (κ3) is 6.34. The fourth-order valence-corrected chi connectivity index (χ4v) is 4.04. The number of nitrogens with zero attached hydrogens (tertiary/aromatic N) is 1. The van der Waals surface area contributed by atoms with Crippen LogP contribution in [0.4, 0.5) is 4.39 Å². The number of hydrogen-bond donors (Lipinski definition) is 2. The molecule has 2 aromatic carbocycles. The molecule has 7 nitrogen and oxygen atoms in total. The van der Waals surface area contributed by atoms with Crippen molar-refractivity contribution in [3.05, 3.63) is 65.5 Å². The smallest absolute Gasteiger partial charge is 0.253 e. The lowest BCUT2D eigenvalue weighted by Crippen LogP contribution is -2.55. The van der Waals surface area contributed by atoms with Gasteiger partial charge in [-0.3, -0.25) is 14.4 Å². The van der Waals surface area contributed by atoms with Gasteiger partial charge in [-0.05, 0) is 74.6 Å². The van der Waals surface area contributed by atoms with Crippen LogP contribution in [-0.4, -0.2) is 54.9 Å². The third-order valence-electron chi connectivity index (χ3n) is 6.29. The van der Waals surface area contributed by atoms with Gasteiger partial charge in [0.1, 0.15) is 17.6 Å². The van der Waals surface area contributed by atoms with Gasteiger partial charge in [0.2, 0.25) is 5.91 Å². The van der Waals surface area contributed by atoms with Crippen molar-refractivity contribution in [2.75, 3.05) is 20.2 Å². The first-order chi connectivity index (χ1) is 16.3. The molecule has 0 unspecified atom stereocenters. The molecule has 0 aliphatic carbocycles. The van der Waals surface area contributed by atoms with Crippen LogP contribution in [0.5, 0.6) is 5.75 Å². The van der Waals surface area contributed by atoms with E-state index in [2.05, 4.69) is 10.6 Å². The van der Waals surface area contributed by atoms with E-state index < -0.39 is 11.9 Å². The van der Waals surface area contributed by atoms with E-state index in [1.54, 1.807) is 42.3 Å². The minimum Gasteiger partial charge on any atom is -0.497 e. The number of methoxy groups -OCH3 is 1. The first kappa shape index (κ1) is 25.2. The molecule has 0 bridgehead atoms. The topological polar surface area (TPSA) is 87.7 Å². The molecule has 0 aromatic heterocycles. The van der Waals surface area contributed by atoms with Gasteiger partial charge >= 0.3 is 0 Å². The van der Waals surface area contributed by atoms with Crippen LogP contribution in [0.3, 0.4) is 0 Å². The lowest BCUT2D eigenvalue weighted by molar-refractivity contribution is -0.125. The molecular formula is C26H32FN3O4. The van der Waals surface area contributed by atoms with Gasteiger partial charge < -0.3 is 20.3 Å². The van der Waals surface area contributed by atoms with E-state index in [-0.39, 0.29) is 29.7 Å². The van der Waals surface area contributed by atoms with E-state index in [9.17, 15) is 18.8 Å². The molecule has 1 aliphatic rings. The standard InChI is InChI=1S/C26H32FN3O4/c1-4-17(2)28-25(32)23(29-24(31)19-8-10-22(34-3)11-9-19)18-12-14-30(15-13-18)26(33)20-6-5-7-21(27)16-20/h5-11,16-18,23H,4,12-15H2,1-3H3,(H,28,32)(H,29,31)/t17-,23-/m0/s1. The number of nitrogens with one attached hydrogen (secondary N) is 2. The number of carbonyl (C=O) groups excluding carboxylic acids is 3. The zero-order valence-electron chi connectivity index (χ0n) is 19.8. The molecule has 1 heterocycles. The first-order valence-electron chi connectivity index (χ1n) is 11.6. The van der Waals surface area contributed by atoms with Crippen LogP contribution in [0.15, 0.2) is 48.5 Å². The highest BCUT2D eigenvalue weighted by atomic mass is 19.1. The van der Waals surface area contributed by atoms with E-state index >= 15 is 0 Å². The predicted octanol–water partition coefficient (Wildman–Crippen LogP) is 3.40. The molecular weight excluding hydrogens is 437 g/mol. The average Bonchev–Trinajstić information content (AvgIpc) is 2.86. The molecule has 34 heavy (non-hydrogen) atoms. The Hall–Kier alpha value is -3.42.